The minimum atomic E-state index is -5.03. The molecule has 0 radical (unpaired) electrons. The molecule has 1 aliphatic rings. The Kier molecular flexibility index (Phi) is 7.82. The van der Waals surface area contributed by atoms with E-state index in [1.165, 1.54) is 24.4 Å². The van der Waals surface area contributed by atoms with Gasteiger partial charge in [0.05, 0.1) is 35.5 Å². The lowest BCUT2D eigenvalue weighted by Crippen LogP contribution is -2.27. The van der Waals surface area contributed by atoms with Crippen molar-refractivity contribution in [1.82, 2.24) is 0 Å². The molecule has 0 N–H and O–H groups in total. The minimum Gasteiger partial charge on any atom is -0.465 e. The molecular weight excluding hydrogens is 564 g/mol. The lowest BCUT2D eigenvalue weighted by atomic mass is 10.1. The molecule has 0 atom stereocenters. The zero-order valence-corrected chi connectivity index (χ0v) is 19.8. The van der Waals surface area contributed by atoms with Crippen molar-refractivity contribution in [3.8, 4) is 11.5 Å². The predicted molar refractivity (Wildman–Crippen MR) is 117 cm³/mol. The molecule has 0 fully saturated rings. The quantitative estimate of drug-likeness (QED) is 0.313. The number of alkyl halides is 3. The number of rotatable bonds is 5. The fourth-order valence-corrected chi connectivity index (χ4v) is 3.60. The summed E-state index contributed by atoms with van der Waals surface area (Å²) < 4.78 is 96.7. The number of hydrogen-bond acceptors (Lipinski definition) is 6. The molecule has 0 aliphatic carbocycles. The average Bonchev–Trinajstić information content (AvgIpc) is 3.03. The summed E-state index contributed by atoms with van der Waals surface area (Å²) in [7, 11) is 2.05. The van der Waals surface area contributed by atoms with E-state index in [4.69, 9.17) is 9.47 Å². The van der Waals surface area contributed by atoms with Crippen LogP contribution in [0.25, 0.3) is 0 Å². The van der Waals surface area contributed by atoms with Crippen molar-refractivity contribution >= 4 is 33.6 Å². The van der Waals surface area contributed by atoms with E-state index in [9.17, 15) is 35.9 Å². The number of carbonyl (C=O) groups excluding carboxylic acids is 2. The molecule has 2 aromatic rings. The van der Waals surface area contributed by atoms with Crippen LogP contribution in [-0.4, -0.2) is 26.2 Å². The van der Waals surface area contributed by atoms with Crippen molar-refractivity contribution < 1.29 is 50.1 Å². The molecule has 0 amide bonds. The van der Waals surface area contributed by atoms with Gasteiger partial charge in [-0.05, 0) is 46.3 Å². The Balaban J connectivity index is 2.25. The van der Waals surface area contributed by atoms with Gasteiger partial charge in [-0.3, -0.25) is 0 Å². The van der Waals surface area contributed by atoms with Crippen molar-refractivity contribution in [2.45, 2.75) is 6.18 Å². The van der Waals surface area contributed by atoms with Crippen LogP contribution < -0.4 is 9.64 Å². The van der Waals surface area contributed by atoms with Crippen molar-refractivity contribution in [3.05, 3.63) is 87.5 Å². The molecule has 0 bridgehead atoms. The van der Waals surface area contributed by atoms with Gasteiger partial charge in [0, 0.05) is 12.3 Å². The van der Waals surface area contributed by atoms with Gasteiger partial charge in [0.15, 0.2) is 23.1 Å². The van der Waals surface area contributed by atoms with Crippen LogP contribution in [0.4, 0.5) is 32.0 Å². The first-order chi connectivity index (χ1) is 16.9. The second-order valence-corrected chi connectivity index (χ2v) is 7.78. The van der Waals surface area contributed by atoms with E-state index in [-0.39, 0.29) is 27.9 Å². The number of ether oxygens (including phenoxy) is 3. The Morgan fingerprint density at radius 3 is 2.06 bits per heavy atom. The Morgan fingerprint density at radius 2 is 1.50 bits per heavy atom. The monoisotopic (exact) mass is 577 g/mol. The van der Waals surface area contributed by atoms with E-state index >= 15 is 0 Å². The molecule has 190 valence electrons. The average molecular weight is 578 g/mol. The predicted octanol–water partition coefficient (Wildman–Crippen LogP) is 6.17. The molecule has 0 unspecified atom stereocenters. The summed E-state index contributed by atoms with van der Waals surface area (Å²) in [5.74, 6) is -8.10. The zero-order chi connectivity index (χ0) is 26.8. The second-order valence-electron chi connectivity index (χ2n) is 6.92. The summed E-state index contributed by atoms with van der Waals surface area (Å²) in [5.41, 5.74) is -2.77. The second kappa shape index (κ2) is 10.5. The van der Waals surface area contributed by atoms with Crippen LogP contribution in [0.1, 0.15) is 5.56 Å². The van der Waals surface area contributed by atoms with Gasteiger partial charge in [0.2, 0.25) is 0 Å². The molecule has 13 heteroatoms. The topological polar surface area (TPSA) is 65.1 Å². The van der Waals surface area contributed by atoms with Crippen molar-refractivity contribution in [3.63, 3.8) is 0 Å². The highest BCUT2D eigenvalue weighted by molar-refractivity contribution is 9.10. The molecule has 2 aromatic carbocycles. The summed E-state index contributed by atoms with van der Waals surface area (Å²) in [4.78, 5) is 25.9. The summed E-state index contributed by atoms with van der Waals surface area (Å²) in [5, 5.41) is 0. The first-order valence-corrected chi connectivity index (χ1v) is 10.5. The van der Waals surface area contributed by atoms with Gasteiger partial charge in [0.1, 0.15) is 11.5 Å². The lowest BCUT2D eigenvalue weighted by molar-refractivity contribution is -0.139. The smallest absolute Gasteiger partial charge is 0.416 e. The van der Waals surface area contributed by atoms with Gasteiger partial charge in [0.25, 0.3) is 0 Å². The number of allylic oxidation sites excluding steroid dienone is 2. The number of nitrogens with zero attached hydrogens (tertiary/aromatic N) is 1. The van der Waals surface area contributed by atoms with Crippen LogP contribution in [0.15, 0.2) is 64.4 Å². The van der Waals surface area contributed by atoms with E-state index in [0.717, 1.165) is 31.3 Å². The molecule has 36 heavy (non-hydrogen) atoms. The van der Waals surface area contributed by atoms with Crippen LogP contribution in [0, 0.1) is 17.5 Å². The zero-order valence-electron chi connectivity index (χ0n) is 18.3. The van der Waals surface area contributed by atoms with Crippen LogP contribution >= 0.6 is 15.9 Å². The SMILES string of the molecule is COC(=O)C1=C(C(=O)OC)N(c2cc(F)cc(Br)c2Oc2c(F)cc(C(F)(F)F)cc2F)C=CC=C1. The first-order valence-electron chi connectivity index (χ1n) is 9.67. The molecule has 1 heterocycles. The number of halogens is 7. The molecule has 0 aromatic heterocycles. The molecule has 6 nitrogen and oxygen atoms in total. The Hall–Kier alpha value is -3.74. The van der Waals surface area contributed by atoms with Gasteiger partial charge < -0.3 is 19.1 Å². The third-order valence-electron chi connectivity index (χ3n) is 4.67. The highest BCUT2D eigenvalue weighted by Crippen LogP contribution is 2.44. The highest BCUT2D eigenvalue weighted by atomic mass is 79.9. The summed E-state index contributed by atoms with van der Waals surface area (Å²) in [6.07, 6.45) is 0.0427. The van der Waals surface area contributed by atoms with Crippen LogP contribution in [-0.2, 0) is 25.2 Å². The summed E-state index contributed by atoms with van der Waals surface area (Å²) in [6.45, 7) is 0. The molecule has 0 spiro atoms. The Morgan fingerprint density at radius 1 is 0.889 bits per heavy atom. The van der Waals surface area contributed by atoms with Crippen LogP contribution in [0.3, 0.4) is 0 Å². The van der Waals surface area contributed by atoms with Gasteiger partial charge in [-0.1, -0.05) is 6.08 Å². The van der Waals surface area contributed by atoms with Crippen molar-refractivity contribution in [1.29, 1.82) is 0 Å². The highest BCUT2D eigenvalue weighted by Gasteiger charge is 2.34. The number of esters is 2. The maximum atomic E-state index is 14.5. The fraction of sp³-hybridized carbons (Fsp3) is 0.130. The van der Waals surface area contributed by atoms with Gasteiger partial charge >= 0.3 is 18.1 Å². The van der Waals surface area contributed by atoms with E-state index in [0.29, 0.717) is 0 Å². The van der Waals surface area contributed by atoms with Crippen LogP contribution in [0.5, 0.6) is 11.5 Å². The third kappa shape index (κ3) is 5.40. The number of benzene rings is 2. The maximum absolute atomic E-state index is 14.5. The van der Waals surface area contributed by atoms with Gasteiger partial charge in [-0.25, -0.2) is 22.8 Å². The van der Waals surface area contributed by atoms with E-state index in [1.807, 2.05) is 0 Å². The molecular formula is C23H14BrF6NO5. The first kappa shape index (κ1) is 26.9. The molecule has 0 saturated heterocycles. The standard InChI is InChI=1S/C23H14BrF6NO5/c1-34-21(32)13-5-3-4-6-31(18(13)22(33)35-2)17-10-12(25)9-14(24)19(17)36-20-15(26)7-11(8-16(20)27)23(28,29)30/h3-10H,1-2H3. The normalized spacial score (nSPS) is 13.5. The van der Waals surface area contributed by atoms with E-state index < -0.39 is 58.3 Å². The minimum absolute atomic E-state index is 0.0282. The molecule has 3 rings (SSSR count). The van der Waals surface area contributed by atoms with Crippen molar-refractivity contribution in [2.75, 3.05) is 19.1 Å². The van der Waals surface area contributed by atoms with Gasteiger partial charge in [-0.2, -0.15) is 13.2 Å². The summed E-state index contributed by atoms with van der Waals surface area (Å²) >= 11 is 2.99. The molecule has 1 aliphatic heterocycles. The summed E-state index contributed by atoms with van der Waals surface area (Å²) in [6, 6.07) is 1.70. The fourth-order valence-electron chi connectivity index (χ4n) is 3.10. The van der Waals surface area contributed by atoms with E-state index in [2.05, 4.69) is 20.7 Å². The maximum Gasteiger partial charge on any atom is 0.416 e. The van der Waals surface area contributed by atoms with Crippen molar-refractivity contribution in [2.24, 2.45) is 0 Å². The number of anilines is 1. The molecule has 0 saturated carbocycles. The number of carbonyl (C=O) groups is 2. The van der Waals surface area contributed by atoms with Crippen LogP contribution in [0.2, 0.25) is 0 Å². The largest absolute Gasteiger partial charge is 0.465 e. The van der Waals surface area contributed by atoms with E-state index in [1.54, 1.807) is 0 Å². The number of hydrogen-bond donors (Lipinski definition) is 0. The Bertz CT molecular complexity index is 1300. The third-order valence-corrected chi connectivity index (χ3v) is 5.26. The lowest BCUT2D eigenvalue weighted by Gasteiger charge is -2.26. The van der Waals surface area contributed by atoms with Gasteiger partial charge in [-0.15, -0.1) is 0 Å². The number of methoxy groups -OCH3 is 2. The Labute approximate surface area is 208 Å².